The van der Waals surface area contributed by atoms with E-state index < -0.39 is 0 Å². The summed E-state index contributed by atoms with van der Waals surface area (Å²) in [5.41, 5.74) is 28.5. The zero-order valence-electron chi connectivity index (χ0n) is 45.0. The monoisotopic (exact) mass is 1000 g/mol. The van der Waals surface area contributed by atoms with E-state index in [-0.39, 0.29) is 22.2 Å². The van der Waals surface area contributed by atoms with Gasteiger partial charge in [0.1, 0.15) is 22.3 Å². The first-order valence-corrected chi connectivity index (χ1v) is 28.0. The van der Waals surface area contributed by atoms with Gasteiger partial charge in [0.15, 0.2) is 0 Å². The van der Waals surface area contributed by atoms with Gasteiger partial charge in [0.2, 0.25) is 0 Å². The van der Waals surface area contributed by atoms with E-state index in [0.29, 0.717) is 0 Å². The van der Waals surface area contributed by atoms with Gasteiger partial charge in [-0.3, -0.25) is 0 Å². The third-order valence-corrected chi connectivity index (χ3v) is 19.0. The Hall–Kier alpha value is -8.72. The number of furan rings is 2. The Morgan fingerprint density at radius 3 is 1.78 bits per heavy atom. The van der Waals surface area contributed by atoms with Crippen molar-refractivity contribution in [1.82, 2.24) is 0 Å². The van der Waals surface area contributed by atoms with Gasteiger partial charge in [0.05, 0.1) is 0 Å². The molecule has 0 saturated heterocycles. The fourth-order valence-electron chi connectivity index (χ4n) is 15.0. The van der Waals surface area contributed by atoms with Crippen LogP contribution in [0.2, 0.25) is 0 Å². The van der Waals surface area contributed by atoms with Crippen LogP contribution in [-0.2, 0) is 22.7 Å². The lowest BCUT2D eigenvalue weighted by molar-refractivity contribution is 0.647. The topological polar surface area (TPSA) is 26.3 Å². The zero-order valence-corrected chi connectivity index (χ0v) is 45.0. The SMILES string of the molecule is CC1(C)c2cc(C(CCc3ccc4c(c3)C(C)(C)c3cc(-c5cccc6ccccc56)c5oc6ccccc6c5c3-4)c3ccccc3-c3ccccc3)ccc2-c2cc3c(cc21)-c1c(ccc2oc4ccccc4c12)C3(C)C. The summed E-state index contributed by atoms with van der Waals surface area (Å²) in [5, 5.41) is 7.27. The van der Waals surface area contributed by atoms with Crippen LogP contribution in [0.15, 0.2) is 221 Å². The maximum atomic E-state index is 6.93. The van der Waals surface area contributed by atoms with Crippen LogP contribution in [0.4, 0.5) is 0 Å². The summed E-state index contributed by atoms with van der Waals surface area (Å²) >= 11 is 0. The van der Waals surface area contributed by atoms with Crippen LogP contribution in [0, 0.1) is 0 Å². The molecule has 0 fully saturated rings. The largest absolute Gasteiger partial charge is 0.456 e. The molecule has 1 atom stereocenters. The van der Waals surface area contributed by atoms with Crippen molar-refractivity contribution in [3.05, 3.63) is 262 Å². The van der Waals surface area contributed by atoms with Crippen LogP contribution in [0.25, 0.3) is 110 Å². The van der Waals surface area contributed by atoms with Crippen LogP contribution in [0.3, 0.4) is 0 Å². The highest BCUT2D eigenvalue weighted by Gasteiger charge is 2.44. The van der Waals surface area contributed by atoms with Gasteiger partial charge in [-0.15, -0.1) is 0 Å². The molecule has 2 heteroatoms. The summed E-state index contributed by atoms with van der Waals surface area (Å²) in [7, 11) is 0. The molecule has 0 radical (unpaired) electrons. The van der Waals surface area contributed by atoms with Gasteiger partial charge >= 0.3 is 0 Å². The van der Waals surface area contributed by atoms with E-state index in [9.17, 15) is 0 Å². The molecule has 3 aliphatic rings. The lowest BCUT2D eigenvalue weighted by atomic mass is 9.77. The second-order valence-electron chi connectivity index (χ2n) is 24.2. The summed E-state index contributed by atoms with van der Waals surface area (Å²) in [6.45, 7) is 14.6. The van der Waals surface area contributed by atoms with Gasteiger partial charge in [-0.1, -0.05) is 217 Å². The van der Waals surface area contributed by atoms with Crippen LogP contribution in [0.5, 0.6) is 0 Å². The van der Waals surface area contributed by atoms with Crippen molar-refractivity contribution in [2.75, 3.05) is 0 Å². The molecule has 3 aliphatic carbocycles. The van der Waals surface area contributed by atoms with Crippen LogP contribution >= 0.6 is 0 Å². The Labute approximate surface area is 455 Å². The predicted octanol–water partition coefficient (Wildman–Crippen LogP) is 20.7. The molecule has 374 valence electrons. The Bertz CT molecular complexity index is 4700. The van der Waals surface area contributed by atoms with Gasteiger partial charge in [0, 0.05) is 49.3 Å². The van der Waals surface area contributed by atoms with E-state index in [1.807, 2.05) is 0 Å². The van der Waals surface area contributed by atoms with Gasteiger partial charge in [-0.2, -0.15) is 0 Å². The first-order valence-electron chi connectivity index (χ1n) is 28.0. The minimum Gasteiger partial charge on any atom is -0.456 e. The third-order valence-electron chi connectivity index (χ3n) is 19.0. The van der Waals surface area contributed by atoms with E-state index in [4.69, 9.17) is 8.83 Å². The van der Waals surface area contributed by atoms with Gasteiger partial charge in [-0.25, -0.2) is 0 Å². The predicted molar refractivity (Wildman–Crippen MR) is 325 cm³/mol. The lowest BCUT2D eigenvalue weighted by Crippen LogP contribution is -2.17. The molecule has 16 rings (SSSR count). The summed E-state index contributed by atoms with van der Waals surface area (Å²) in [4.78, 5) is 0. The van der Waals surface area contributed by atoms with Crippen LogP contribution in [0.1, 0.15) is 104 Å². The maximum Gasteiger partial charge on any atom is 0.143 e. The average molecular weight is 1000 g/mol. The number of hydrogen-bond acceptors (Lipinski definition) is 2. The molecular formula is C76H58O2. The molecule has 0 N–H and O–H groups in total. The van der Waals surface area contributed by atoms with Gasteiger partial charge < -0.3 is 8.83 Å². The van der Waals surface area contributed by atoms with Crippen molar-refractivity contribution >= 4 is 54.6 Å². The van der Waals surface area contributed by atoms with E-state index in [0.717, 1.165) is 40.7 Å². The summed E-state index contributed by atoms with van der Waals surface area (Å²) < 4.78 is 13.4. The first kappa shape index (κ1) is 45.5. The summed E-state index contributed by atoms with van der Waals surface area (Å²) in [6.07, 6.45) is 1.88. The Morgan fingerprint density at radius 1 is 0.359 bits per heavy atom. The number of hydrogen-bond donors (Lipinski definition) is 0. The molecule has 2 nitrogen and oxygen atoms in total. The van der Waals surface area contributed by atoms with Crippen molar-refractivity contribution < 1.29 is 8.83 Å². The second-order valence-corrected chi connectivity index (χ2v) is 24.2. The molecule has 2 heterocycles. The number of para-hydroxylation sites is 2. The molecule has 0 spiro atoms. The summed E-state index contributed by atoms with van der Waals surface area (Å²) in [5.74, 6) is 0.142. The molecule has 0 bridgehead atoms. The fourth-order valence-corrected chi connectivity index (χ4v) is 15.0. The second kappa shape index (κ2) is 16.2. The van der Waals surface area contributed by atoms with E-state index in [2.05, 4.69) is 254 Å². The van der Waals surface area contributed by atoms with Gasteiger partial charge in [0.25, 0.3) is 0 Å². The highest BCUT2D eigenvalue weighted by Crippen LogP contribution is 2.60. The minimum absolute atomic E-state index is 0.142. The van der Waals surface area contributed by atoms with Crippen molar-refractivity contribution in [1.29, 1.82) is 0 Å². The minimum atomic E-state index is -0.248. The van der Waals surface area contributed by atoms with Crippen molar-refractivity contribution in [2.24, 2.45) is 0 Å². The van der Waals surface area contributed by atoms with E-state index in [1.165, 1.54) is 132 Å². The standard InChI is InChI=1S/C76H58O2/c1-74(2)60-37-38-68-71(55-26-14-16-29-66(55)77-68)70(60)59-43-63-57(41-64(59)74)53-36-33-47(40-62(53)75(63,3)4)50(51-25-13-12-24-48(51)45-19-8-7-9-20-45)34-31-44-32-35-54-61(39-44)76(5,6)65-42-58(52-28-18-22-46-21-10-11-23-49(46)52)73-72(69(54)65)56-27-15-17-30-67(56)78-73/h7-30,32-33,35-43,50H,31,34H2,1-6H3. The Balaban J connectivity index is 0.807. The number of rotatable bonds is 7. The Morgan fingerprint density at radius 2 is 0.949 bits per heavy atom. The van der Waals surface area contributed by atoms with Crippen molar-refractivity contribution in [2.45, 2.75) is 76.5 Å². The first-order chi connectivity index (χ1) is 37.9. The van der Waals surface area contributed by atoms with Crippen LogP contribution in [-0.4, -0.2) is 0 Å². The van der Waals surface area contributed by atoms with Crippen LogP contribution < -0.4 is 0 Å². The molecule has 0 saturated carbocycles. The molecule has 78 heavy (non-hydrogen) atoms. The highest BCUT2D eigenvalue weighted by molar-refractivity contribution is 6.20. The van der Waals surface area contributed by atoms with Crippen molar-refractivity contribution in [3.63, 3.8) is 0 Å². The molecule has 2 aromatic heterocycles. The lowest BCUT2D eigenvalue weighted by Gasteiger charge is -2.26. The van der Waals surface area contributed by atoms with E-state index >= 15 is 0 Å². The van der Waals surface area contributed by atoms with Crippen molar-refractivity contribution in [3.8, 4) is 55.6 Å². The normalized spacial score (nSPS) is 15.4. The molecule has 0 amide bonds. The molecule has 13 aromatic rings. The maximum absolute atomic E-state index is 6.93. The number of aryl methyl sites for hydroxylation is 1. The Kier molecular flexibility index (Phi) is 9.42. The zero-order chi connectivity index (χ0) is 52.4. The molecule has 11 aromatic carbocycles. The third kappa shape index (κ3) is 6.26. The fraction of sp³-hybridized carbons (Fsp3) is 0.158. The molecule has 1 unspecified atom stereocenters. The van der Waals surface area contributed by atoms with E-state index in [1.54, 1.807) is 0 Å². The quantitative estimate of drug-likeness (QED) is 0.159. The molecule has 0 aliphatic heterocycles. The average Bonchev–Trinajstić information content (AvgIpc) is 4.42. The number of fused-ring (bicyclic) bond motifs is 18. The number of benzene rings is 11. The smallest absolute Gasteiger partial charge is 0.143 e. The van der Waals surface area contributed by atoms with Gasteiger partial charge in [-0.05, 0) is 160 Å². The molecular weight excluding hydrogens is 945 g/mol. The summed E-state index contributed by atoms with van der Waals surface area (Å²) in [6, 6.07) is 79.6. The highest BCUT2D eigenvalue weighted by atomic mass is 16.3.